The zero-order valence-electron chi connectivity index (χ0n) is 16.7. The van der Waals surface area contributed by atoms with Crippen LogP contribution in [0.4, 0.5) is 4.39 Å². The van der Waals surface area contributed by atoms with Crippen LogP contribution in [0.5, 0.6) is 0 Å². The molecule has 1 aromatic carbocycles. The number of H-pyrrole nitrogens is 1. The minimum atomic E-state index is -3.67. The number of ether oxygens (including phenoxy) is 1. The predicted octanol–water partition coefficient (Wildman–Crippen LogP) is 1.01. The Morgan fingerprint density at radius 3 is 2.60 bits per heavy atom. The van der Waals surface area contributed by atoms with E-state index in [4.69, 9.17) is 9.29 Å². The van der Waals surface area contributed by atoms with Crippen LogP contribution in [0.25, 0.3) is 10.9 Å². The fourth-order valence-corrected chi connectivity index (χ4v) is 2.92. The van der Waals surface area contributed by atoms with Gasteiger partial charge in [0.15, 0.2) is 5.43 Å². The Morgan fingerprint density at radius 2 is 1.93 bits per heavy atom. The zero-order valence-corrected chi connectivity index (χ0v) is 17.5. The molecular weight excluding hydrogens is 417 g/mol. The number of aromatic amines is 1. The summed E-state index contributed by atoms with van der Waals surface area (Å²) < 4.78 is 44.4. The second-order valence-electron chi connectivity index (χ2n) is 6.89. The number of aromatic nitrogens is 1. The van der Waals surface area contributed by atoms with Crippen molar-refractivity contribution in [2.75, 3.05) is 45.6 Å². The molecule has 0 unspecified atom stereocenters. The summed E-state index contributed by atoms with van der Waals surface area (Å²) in [5, 5.41) is 3.05. The fraction of sp³-hybridized carbons (Fsp3) is 0.474. The number of nitrogens with one attached hydrogen (secondary N) is 2. The largest absolute Gasteiger partial charge is 0.379 e. The van der Waals surface area contributed by atoms with E-state index in [1.54, 1.807) is 0 Å². The minimum absolute atomic E-state index is 0.192. The van der Waals surface area contributed by atoms with Gasteiger partial charge in [0.2, 0.25) is 0 Å². The van der Waals surface area contributed by atoms with Gasteiger partial charge in [-0.3, -0.25) is 19.0 Å². The van der Waals surface area contributed by atoms with Gasteiger partial charge in [0.25, 0.3) is 16.0 Å². The highest BCUT2D eigenvalue weighted by atomic mass is 32.2. The molecule has 11 heteroatoms. The summed E-state index contributed by atoms with van der Waals surface area (Å²) in [5.41, 5.74) is 0.273. The number of carbonyl (C=O) groups excluding carboxylic acids is 1. The molecule has 1 saturated heterocycles. The van der Waals surface area contributed by atoms with E-state index in [2.05, 4.69) is 15.2 Å². The van der Waals surface area contributed by atoms with E-state index in [0.29, 0.717) is 18.3 Å². The van der Waals surface area contributed by atoms with Crippen molar-refractivity contribution in [3.63, 3.8) is 0 Å². The van der Waals surface area contributed by atoms with Crippen LogP contribution in [-0.2, 0) is 14.9 Å². The number of pyridine rings is 1. The number of amides is 1. The van der Waals surface area contributed by atoms with Gasteiger partial charge in [-0.25, -0.2) is 4.39 Å². The van der Waals surface area contributed by atoms with Crippen molar-refractivity contribution >= 4 is 26.9 Å². The number of fused-ring (bicyclic) bond motifs is 1. The maximum Gasteiger partial charge on any atom is 0.267 e. The van der Waals surface area contributed by atoms with Gasteiger partial charge < -0.3 is 15.0 Å². The Balaban J connectivity index is 0.000000575. The van der Waals surface area contributed by atoms with Crippen molar-refractivity contribution in [2.45, 2.75) is 12.8 Å². The molecule has 0 radical (unpaired) electrons. The molecule has 9 nitrogen and oxygen atoms in total. The summed E-state index contributed by atoms with van der Waals surface area (Å²) >= 11 is 0. The van der Waals surface area contributed by atoms with Crippen molar-refractivity contribution in [1.82, 2.24) is 15.2 Å². The highest BCUT2D eigenvalue weighted by Crippen LogP contribution is 2.10. The van der Waals surface area contributed by atoms with Crippen LogP contribution in [0.2, 0.25) is 0 Å². The van der Waals surface area contributed by atoms with Gasteiger partial charge in [-0.15, -0.1) is 0 Å². The summed E-state index contributed by atoms with van der Waals surface area (Å²) in [5.74, 6) is -0.801. The molecule has 0 atom stereocenters. The molecule has 1 aliphatic heterocycles. The van der Waals surface area contributed by atoms with E-state index < -0.39 is 15.9 Å². The number of unbranched alkanes of at least 4 members (excludes halogenated alkanes) is 1. The van der Waals surface area contributed by atoms with E-state index in [1.165, 1.54) is 24.3 Å². The van der Waals surface area contributed by atoms with Crippen LogP contribution < -0.4 is 10.7 Å². The van der Waals surface area contributed by atoms with Crippen molar-refractivity contribution < 1.29 is 26.9 Å². The number of morpholine rings is 1. The Kier molecular flexibility index (Phi) is 8.90. The summed E-state index contributed by atoms with van der Waals surface area (Å²) in [7, 11) is -3.67. The zero-order chi connectivity index (χ0) is 22.1. The Labute approximate surface area is 174 Å². The standard InChI is InChI=1S/C18H22FN3O3.CH4O3S/c19-13-3-4-15-14(11-13)17(23)12-16(21-15)18(24)20-5-1-2-6-22-7-9-25-10-8-22;1-5(2,3)4/h3-4,11-12H,1-2,5-10H2,(H,20,24)(H,21,23);1H3,(H,2,3,4). The third kappa shape index (κ3) is 8.57. The third-order valence-corrected chi connectivity index (χ3v) is 4.33. The van der Waals surface area contributed by atoms with Gasteiger partial charge in [-0.2, -0.15) is 8.42 Å². The quantitative estimate of drug-likeness (QED) is 0.449. The number of benzene rings is 1. The maximum atomic E-state index is 13.2. The topological polar surface area (TPSA) is 129 Å². The molecule has 1 amide bonds. The SMILES string of the molecule is CS(=O)(=O)O.O=C(NCCCCN1CCOCC1)c1cc(=O)c2cc(F)ccc2[nH]1. The first-order valence-corrected chi connectivity index (χ1v) is 11.3. The lowest BCUT2D eigenvalue weighted by Gasteiger charge is -2.26. The predicted molar refractivity (Wildman–Crippen MR) is 111 cm³/mol. The summed E-state index contributed by atoms with van der Waals surface area (Å²) in [4.78, 5) is 29.5. The molecule has 2 heterocycles. The van der Waals surface area contributed by atoms with Crippen LogP contribution >= 0.6 is 0 Å². The Bertz CT molecular complexity index is 1010. The smallest absolute Gasteiger partial charge is 0.267 e. The average Bonchev–Trinajstić information content (AvgIpc) is 2.67. The molecule has 1 fully saturated rings. The summed E-state index contributed by atoms with van der Waals surface area (Å²) in [6, 6.07) is 5.10. The van der Waals surface area contributed by atoms with Gasteiger partial charge in [0.1, 0.15) is 11.5 Å². The van der Waals surface area contributed by atoms with E-state index in [1.807, 2.05) is 0 Å². The number of hydrogen-bond acceptors (Lipinski definition) is 6. The van der Waals surface area contributed by atoms with Crippen molar-refractivity contribution in [3.8, 4) is 0 Å². The molecule has 1 aliphatic rings. The van der Waals surface area contributed by atoms with Crippen LogP contribution in [-0.4, -0.2) is 74.4 Å². The third-order valence-electron chi connectivity index (χ3n) is 4.33. The molecule has 30 heavy (non-hydrogen) atoms. The van der Waals surface area contributed by atoms with Crippen molar-refractivity contribution in [1.29, 1.82) is 0 Å². The lowest BCUT2D eigenvalue weighted by molar-refractivity contribution is 0.0372. The number of halogens is 1. The van der Waals surface area contributed by atoms with Crippen LogP contribution in [0.15, 0.2) is 29.1 Å². The van der Waals surface area contributed by atoms with Gasteiger partial charge in [0, 0.05) is 31.1 Å². The normalized spacial score (nSPS) is 14.8. The highest BCUT2D eigenvalue weighted by Gasteiger charge is 2.11. The molecule has 2 aromatic rings. The molecule has 3 N–H and O–H groups in total. The molecule has 1 aromatic heterocycles. The summed E-state index contributed by atoms with van der Waals surface area (Å²) in [6.07, 6.45) is 2.58. The van der Waals surface area contributed by atoms with Crippen molar-refractivity contribution in [2.24, 2.45) is 0 Å². The lowest BCUT2D eigenvalue weighted by Crippen LogP contribution is -2.37. The Morgan fingerprint density at radius 1 is 1.27 bits per heavy atom. The fourth-order valence-electron chi connectivity index (χ4n) is 2.92. The number of nitrogens with zero attached hydrogens (tertiary/aromatic N) is 1. The van der Waals surface area contributed by atoms with Gasteiger partial charge >= 0.3 is 0 Å². The first-order chi connectivity index (χ1) is 14.1. The van der Waals surface area contributed by atoms with E-state index in [9.17, 15) is 22.4 Å². The number of rotatable bonds is 6. The van der Waals surface area contributed by atoms with E-state index in [0.717, 1.165) is 45.7 Å². The molecule has 166 valence electrons. The average molecular weight is 443 g/mol. The molecule has 0 spiro atoms. The molecule has 0 aliphatic carbocycles. The second kappa shape index (κ2) is 11.2. The molecule has 3 rings (SSSR count). The van der Waals surface area contributed by atoms with Crippen LogP contribution in [0, 0.1) is 5.82 Å². The molecular formula is C19H26FN3O6S. The lowest BCUT2D eigenvalue weighted by atomic mass is 10.2. The minimum Gasteiger partial charge on any atom is -0.379 e. The monoisotopic (exact) mass is 443 g/mol. The van der Waals surface area contributed by atoms with Gasteiger partial charge in [-0.1, -0.05) is 0 Å². The molecule has 0 saturated carbocycles. The molecule has 0 bridgehead atoms. The number of hydrogen-bond donors (Lipinski definition) is 3. The maximum absolute atomic E-state index is 13.2. The van der Waals surface area contributed by atoms with E-state index in [-0.39, 0.29) is 22.4 Å². The van der Waals surface area contributed by atoms with Gasteiger partial charge in [0.05, 0.1) is 25.0 Å². The first-order valence-electron chi connectivity index (χ1n) is 9.47. The van der Waals surface area contributed by atoms with Gasteiger partial charge in [-0.05, 0) is 37.6 Å². The number of carbonyl (C=O) groups is 1. The van der Waals surface area contributed by atoms with Crippen LogP contribution in [0.3, 0.4) is 0 Å². The summed E-state index contributed by atoms with van der Waals surface area (Å²) in [6.45, 7) is 5.05. The Hall–Kier alpha value is -2.34. The van der Waals surface area contributed by atoms with E-state index >= 15 is 0 Å². The highest BCUT2D eigenvalue weighted by molar-refractivity contribution is 7.85. The second-order valence-corrected chi connectivity index (χ2v) is 8.35. The van der Waals surface area contributed by atoms with Crippen molar-refractivity contribution in [3.05, 3.63) is 46.0 Å². The van der Waals surface area contributed by atoms with Crippen LogP contribution in [0.1, 0.15) is 23.3 Å². The first kappa shape index (κ1) is 23.9.